The molecule has 1 aliphatic rings. The van der Waals surface area contributed by atoms with Crippen LogP contribution in [0.3, 0.4) is 0 Å². The number of anilines is 1. The number of nitrogens with zero attached hydrogens (tertiary/aromatic N) is 4. The molecule has 7 nitrogen and oxygen atoms in total. The Balaban J connectivity index is 1.73. The number of aromatic nitrogens is 2. The molecule has 0 bridgehead atoms. The molecule has 1 aliphatic heterocycles. The second-order valence-electron chi connectivity index (χ2n) is 8.13. The molecule has 3 aromatic rings. The van der Waals surface area contributed by atoms with Crippen molar-refractivity contribution in [2.24, 2.45) is 5.16 Å². The third-order valence-corrected chi connectivity index (χ3v) is 6.02. The van der Waals surface area contributed by atoms with Crippen LogP contribution in [0.15, 0.2) is 53.9 Å². The number of oxime groups is 1. The molecular formula is C23H13Cl2F6N5O2. The second-order valence-corrected chi connectivity index (χ2v) is 9.00. The lowest BCUT2D eigenvalue weighted by molar-refractivity contribution is -0.275. The maximum absolute atomic E-state index is 14.3. The van der Waals surface area contributed by atoms with E-state index in [2.05, 4.69) is 15.4 Å². The minimum Gasteiger partial charge on any atom is -0.374 e. The lowest BCUT2D eigenvalue weighted by Crippen LogP contribution is -2.42. The van der Waals surface area contributed by atoms with E-state index >= 15 is 0 Å². The van der Waals surface area contributed by atoms with Gasteiger partial charge in [-0.25, -0.2) is 0 Å². The van der Waals surface area contributed by atoms with Crippen LogP contribution in [0.4, 0.5) is 32.0 Å². The van der Waals surface area contributed by atoms with Crippen molar-refractivity contribution in [1.82, 2.24) is 10.2 Å². The highest BCUT2D eigenvalue weighted by molar-refractivity contribution is 6.34. The summed E-state index contributed by atoms with van der Waals surface area (Å²) in [6.07, 6.45) is -8.58. The van der Waals surface area contributed by atoms with Crippen LogP contribution in [-0.2, 0) is 10.4 Å². The van der Waals surface area contributed by atoms with Crippen LogP contribution in [0.2, 0.25) is 10.0 Å². The largest absolute Gasteiger partial charge is 0.435 e. The molecule has 1 atom stereocenters. The van der Waals surface area contributed by atoms with Gasteiger partial charge in [-0.2, -0.15) is 36.7 Å². The molecular weight excluding hydrogens is 563 g/mol. The van der Waals surface area contributed by atoms with Gasteiger partial charge in [0, 0.05) is 33.8 Å². The lowest BCUT2D eigenvalue weighted by Gasteiger charge is -2.29. The summed E-state index contributed by atoms with van der Waals surface area (Å²) in [4.78, 5) is 18.0. The Bertz CT molecular complexity index is 1430. The molecule has 0 aliphatic carbocycles. The molecule has 198 valence electrons. The van der Waals surface area contributed by atoms with Crippen LogP contribution in [0.5, 0.6) is 0 Å². The normalized spacial score (nSPS) is 17.5. The predicted octanol–water partition coefficient (Wildman–Crippen LogP) is 6.38. The molecule has 1 aromatic heterocycles. The Kier molecular flexibility index (Phi) is 7.07. The van der Waals surface area contributed by atoms with E-state index in [4.69, 9.17) is 28.0 Å². The van der Waals surface area contributed by atoms with Crippen LogP contribution < -0.4 is 4.90 Å². The number of rotatable bonds is 5. The van der Waals surface area contributed by atoms with Crippen molar-refractivity contribution >= 4 is 40.5 Å². The summed E-state index contributed by atoms with van der Waals surface area (Å²) in [5.41, 5.74) is -4.68. The number of nitrogens with one attached hydrogen (secondary N) is 1. The molecule has 0 spiro atoms. The van der Waals surface area contributed by atoms with Crippen molar-refractivity contribution in [2.45, 2.75) is 24.4 Å². The number of H-pyrrole nitrogens is 1. The van der Waals surface area contributed by atoms with E-state index in [1.54, 1.807) is 6.07 Å². The number of amides is 1. The number of hydrogen-bond acceptors (Lipinski definition) is 5. The van der Waals surface area contributed by atoms with Crippen molar-refractivity contribution in [3.8, 4) is 6.07 Å². The fraction of sp³-hybridized carbons (Fsp3) is 0.217. The first-order valence-corrected chi connectivity index (χ1v) is 11.2. The van der Waals surface area contributed by atoms with Gasteiger partial charge >= 0.3 is 12.4 Å². The van der Waals surface area contributed by atoms with Crippen LogP contribution >= 0.6 is 23.2 Å². The maximum Gasteiger partial charge on any atom is 0.435 e. The minimum absolute atomic E-state index is 0.0349. The Morgan fingerprint density at radius 2 is 1.82 bits per heavy atom. The molecule has 1 amide bonds. The van der Waals surface area contributed by atoms with Gasteiger partial charge in [-0.3, -0.25) is 14.8 Å². The van der Waals surface area contributed by atoms with Gasteiger partial charge in [0.15, 0.2) is 0 Å². The summed E-state index contributed by atoms with van der Waals surface area (Å²) in [7, 11) is 0. The number of alkyl halides is 6. The lowest BCUT2D eigenvalue weighted by atomic mass is 9.86. The van der Waals surface area contributed by atoms with Gasteiger partial charge in [0.1, 0.15) is 12.6 Å². The first-order valence-electron chi connectivity index (χ1n) is 10.4. The zero-order valence-corrected chi connectivity index (χ0v) is 20.2. The Hall–Kier alpha value is -3.76. The highest BCUT2D eigenvalue weighted by Crippen LogP contribution is 2.49. The summed E-state index contributed by atoms with van der Waals surface area (Å²) in [5, 5.41) is 18.9. The highest BCUT2D eigenvalue weighted by atomic mass is 35.5. The van der Waals surface area contributed by atoms with Crippen LogP contribution in [-0.4, -0.2) is 40.7 Å². The Morgan fingerprint density at radius 1 is 1.13 bits per heavy atom. The van der Waals surface area contributed by atoms with E-state index in [1.165, 1.54) is 6.07 Å². The average molecular weight is 576 g/mol. The number of halogens is 8. The van der Waals surface area contributed by atoms with Crippen molar-refractivity contribution in [1.29, 1.82) is 5.26 Å². The molecule has 2 heterocycles. The first kappa shape index (κ1) is 27.3. The Labute approximate surface area is 220 Å². The first-order chi connectivity index (χ1) is 17.7. The number of carbonyl (C=O) groups is 1. The predicted molar refractivity (Wildman–Crippen MR) is 124 cm³/mol. The summed E-state index contributed by atoms with van der Waals surface area (Å²) in [5.74, 6) is -1.10. The van der Waals surface area contributed by atoms with Crippen molar-refractivity contribution in [3.05, 3.63) is 81.1 Å². The summed E-state index contributed by atoms with van der Waals surface area (Å²) in [6, 6.07) is 8.17. The van der Waals surface area contributed by atoms with Gasteiger partial charge in [-0.1, -0.05) is 34.4 Å². The van der Waals surface area contributed by atoms with Crippen molar-refractivity contribution in [3.63, 3.8) is 0 Å². The molecule has 0 radical (unpaired) electrons. The molecule has 15 heteroatoms. The fourth-order valence-electron chi connectivity index (χ4n) is 3.86. The summed E-state index contributed by atoms with van der Waals surface area (Å²) >= 11 is 11.8. The highest BCUT2D eigenvalue weighted by Gasteiger charge is 2.62. The number of carbonyl (C=O) groups excluding carboxylic acids is 1. The Morgan fingerprint density at radius 3 is 2.37 bits per heavy atom. The van der Waals surface area contributed by atoms with E-state index in [9.17, 15) is 36.4 Å². The van der Waals surface area contributed by atoms with Crippen LogP contribution in [0.25, 0.3) is 0 Å². The SMILES string of the molecule is N#Cc1cc(C2=NOC(c3cc(Cl)cc(Cl)c3)(C(F)(F)F)C2)ccc1N(CC(F)(F)F)C(=O)c1cn[nH]c1. The zero-order valence-electron chi connectivity index (χ0n) is 18.7. The second kappa shape index (κ2) is 9.85. The van der Waals surface area contributed by atoms with Gasteiger partial charge < -0.3 is 4.84 Å². The number of aromatic amines is 1. The third-order valence-electron chi connectivity index (χ3n) is 5.58. The van der Waals surface area contributed by atoms with Crippen LogP contribution in [0.1, 0.15) is 33.5 Å². The average Bonchev–Trinajstić information content (AvgIpc) is 3.51. The van der Waals surface area contributed by atoms with E-state index in [0.29, 0.717) is 4.90 Å². The van der Waals surface area contributed by atoms with E-state index in [1.807, 2.05) is 0 Å². The van der Waals surface area contributed by atoms with E-state index in [0.717, 1.165) is 42.7 Å². The van der Waals surface area contributed by atoms with Gasteiger partial charge in [0.05, 0.1) is 28.7 Å². The third kappa shape index (κ3) is 5.27. The maximum atomic E-state index is 14.3. The number of benzene rings is 2. The van der Waals surface area contributed by atoms with Crippen molar-refractivity contribution in [2.75, 3.05) is 11.4 Å². The smallest absolute Gasteiger partial charge is 0.374 e. The quantitative estimate of drug-likeness (QED) is 0.357. The van der Waals surface area contributed by atoms with Gasteiger partial charge in [-0.15, -0.1) is 0 Å². The molecule has 0 fully saturated rings. The zero-order chi connectivity index (χ0) is 27.9. The molecule has 1 unspecified atom stereocenters. The van der Waals surface area contributed by atoms with Crippen LogP contribution in [0, 0.1) is 11.3 Å². The minimum atomic E-state index is -4.98. The monoisotopic (exact) mass is 575 g/mol. The van der Waals surface area contributed by atoms with E-state index < -0.39 is 53.6 Å². The number of hydrogen-bond donors (Lipinski definition) is 1. The summed E-state index contributed by atoms with van der Waals surface area (Å²) in [6.45, 7) is -1.73. The molecule has 0 saturated carbocycles. The standard InChI is InChI=1S/C23H13Cl2F6N5O2/c24-16-4-15(5-17(25)6-16)21(23(29,30)31)7-18(35-38-21)12-1-2-19(13(3-12)8-32)36(11-22(26,27)28)20(37)14-9-33-34-10-14/h1-6,9-10H,7,11H2,(H,33,34). The molecule has 0 saturated heterocycles. The van der Waals surface area contributed by atoms with E-state index in [-0.39, 0.29) is 26.9 Å². The van der Waals surface area contributed by atoms with Crippen molar-refractivity contribution < 1.29 is 36.0 Å². The van der Waals surface area contributed by atoms with Gasteiger partial charge in [0.2, 0.25) is 0 Å². The molecule has 1 N–H and O–H groups in total. The molecule has 38 heavy (non-hydrogen) atoms. The fourth-order valence-corrected chi connectivity index (χ4v) is 4.38. The summed E-state index contributed by atoms with van der Waals surface area (Å²) < 4.78 is 82.7. The van der Waals surface area contributed by atoms with Gasteiger partial charge in [-0.05, 0) is 30.3 Å². The number of nitriles is 1. The molecule has 4 rings (SSSR count). The molecule has 2 aromatic carbocycles. The topological polar surface area (TPSA) is 94.4 Å². The van der Waals surface area contributed by atoms with Gasteiger partial charge in [0.25, 0.3) is 11.5 Å².